The fraction of sp³-hybridized carbons (Fsp3) is 0.185. The number of carbonyl (C=O) groups excluding carboxylic acids is 1. The third-order valence-corrected chi connectivity index (χ3v) is 6.52. The molecule has 0 spiro atoms. The molecule has 0 fully saturated rings. The average molecular weight is 473 g/mol. The Bertz CT molecular complexity index is 1310. The van der Waals surface area contributed by atoms with Crippen LogP contribution in [0, 0.1) is 25.2 Å². The van der Waals surface area contributed by atoms with E-state index in [1.54, 1.807) is 30.0 Å². The van der Waals surface area contributed by atoms with Crippen LogP contribution < -0.4 is 19.9 Å². The molecule has 172 valence electrons. The molecule has 1 unspecified atom stereocenters. The molecule has 0 aromatic heterocycles. The van der Waals surface area contributed by atoms with E-state index in [1.807, 2.05) is 62.6 Å². The van der Waals surface area contributed by atoms with Crippen LogP contribution in [-0.2, 0) is 4.79 Å². The third kappa shape index (κ3) is 4.73. The average Bonchev–Trinajstić information content (AvgIpc) is 2.84. The lowest BCUT2D eigenvalue weighted by Gasteiger charge is -2.26. The van der Waals surface area contributed by atoms with Gasteiger partial charge in [0.05, 0.1) is 5.92 Å². The molecule has 1 aliphatic heterocycles. The quantitative estimate of drug-likeness (QED) is 0.298. The normalized spacial score (nSPS) is 14.6. The molecule has 4 rings (SSSR count). The maximum atomic E-state index is 12.4. The largest absolute Gasteiger partial charge is 0.482 e. The van der Waals surface area contributed by atoms with Crippen LogP contribution in [0.3, 0.4) is 0 Å². The fourth-order valence-corrected chi connectivity index (χ4v) is 4.22. The molecule has 7 heteroatoms. The van der Waals surface area contributed by atoms with E-state index in [2.05, 4.69) is 6.07 Å². The number of allylic oxidation sites excluding steroid dienone is 1. The highest BCUT2D eigenvalue weighted by atomic mass is 32.2. The zero-order valence-electron chi connectivity index (χ0n) is 19.1. The first-order valence-corrected chi connectivity index (χ1v) is 11.9. The van der Waals surface area contributed by atoms with Crippen molar-refractivity contribution < 1.29 is 19.0 Å². The predicted molar refractivity (Wildman–Crippen MR) is 131 cm³/mol. The Morgan fingerprint density at radius 2 is 1.91 bits per heavy atom. The number of benzene rings is 3. The van der Waals surface area contributed by atoms with E-state index in [9.17, 15) is 10.1 Å². The molecule has 0 saturated carbocycles. The molecule has 0 amide bonds. The van der Waals surface area contributed by atoms with Gasteiger partial charge in [-0.3, -0.25) is 0 Å². The number of rotatable bonds is 6. The summed E-state index contributed by atoms with van der Waals surface area (Å²) in [5.41, 5.74) is 10.2. The van der Waals surface area contributed by atoms with Gasteiger partial charge in [0, 0.05) is 16.5 Å². The Morgan fingerprint density at radius 1 is 1.15 bits per heavy atom. The number of ether oxygens (including phenoxy) is 3. The standard InChI is InChI=1S/C27H24N2O4S/c1-16-5-4-6-23(17(16)2)31-15-25(30)32-19-9-12-21-24(13-19)33-27(29)22(14-28)26(21)18-7-10-20(34-3)11-8-18/h4-13,26H,15,29H2,1-3H3. The van der Waals surface area contributed by atoms with Gasteiger partial charge in [0.25, 0.3) is 0 Å². The minimum Gasteiger partial charge on any atom is -0.482 e. The second-order valence-electron chi connectivity index (χ2n) is 7.86. The predicted octanol–water partition coefficient (Wildman–Crippen LogP) is 5.23. The topological polar surface area (TPSA) is 94.6 Å². The SMILES string of the molecule is CSc1ccc(C2C(C#N)=C(N)Oc3cc(OC(=O)COc4cccc(C)c4C)ccc32)cc1. The van der Waals surface area contributed by atoms with E-state index in [1.165, 1.54) is 0 Å². The summed E-state index contributed by atoms with van der Waals surface area (Å²) >= 11 is 1.64. The number of hydrogen-bond donors (Lipinski definition) is 1. The molecule has 6 nitrogen and oxygen atoms in total. The number of aryl methyl sites for hydroxylation is 1. The number of esters is 1. The van der Waals surface area contributed by atoms with Gasteiger partial charge < -0.3 is 19.9 Å². The Kier molecular flexibility index (Phi) is 6.80. The molecule has 3 aromatic carbocycles. The molecule has 2 N–H and O–H groups in total. The molecule has 34 heavy (non-hydrogen) atoms. The Balaban J connectivity index is 1.54. The van der Waals surface area contributed by atoms with Crippen molar-refractivity contribution in [1.29, 1.82) is 5.26 Å². The highest BCUT2D eigenvalue weighted by Crippen LogP contribution is 2.43. The van der Waals surface area contributed by atoms with Crippen molar-refractivity contribution in [3.8, 4) is 23.3 Å². The summed E-state index contributed by atoms with van der Waals surface area (Å²) < 4.78 is 16.8. The van der Waals surface area contributed by atoms with Crippen molar-refractivity contribution in [2.75, 3.05) is 12.9 Å². The van der Waals surface area contributed by atoms with E-state index in [-0.39, 0.29) is 18.4 Å². The van der Waals surface area contributed by atoms with Crippen LogP contribution in [-0.4, -0.2) is 18.8 Å². The summed E-state index contributed by atoms with van der Waals surface area (Å²) in [6.07, 6.45) is 2.01. The minimum absolute atomic E-state index is 0.0377. The minimum atomic E-state index is -0.540. The van der Waals surface area contributed by atoms with Gasteiger partial charge in [-0.25, -0.2) is 4.79 Å². The fourth-order valence-electron chi connectivity index (χ4n) is 3.82. The highest BCUT2D eigenvalue weighted by Gasteiger charge is 2.31. The van der Waals surface area contributed by atoms with Gasteiger partial charge in [0.1, 0.15) is 28.9 Å². The van der Waals surface area contributed by atoms with Crippen molar-refractivity contribution in [3.05, 3.63) is 94.4 Å². The molecule has 1 atom stereocenters. The monoisotopic (exact) mass is 472 g/mol. The van der Waals surface area contributed by atoms with Gasteiger partial charge in [0.15, 0.2) is 6.61 Å². The summed E-state index contributed by atoms with van der Waals surface area (Å²) in [6.45, 7) is 3.69. The Labute approximate surface area is 202 Å². The number of hydrogen-bond acceptors (Lipinski definition) is 7. The van der Waals surface area contributed by atoms with Crippen LogP contribution in [0.5, 0.6) is 17.2 Å². The van der Waals surface area contributed by atoms with E-state index >= 15 is 0 Å². The second kappa shape index (κ2) is 9.94. The van der Waals surface area contributed by atoms with Gasteiger partial charge in [-0.05, 0) is 61.1 Å². The van der Waals surface area contributed by atoms with Crippen molar-refractivity contribution >= 4 is 17.7 Å². The van der Waals surface area contributed by atoms with Crippen molar-refractivity contribution in [3.63, 3.8) is 0 Å². The number of carbonyl (C=O) groups is 1. The smallest absolute Gasteiger partial charge is 0.349 e. The molecular weight excluding hydrogens is 448 g/mol. The first-order valence-electron chi connectivity index (χ1n) is 10.7. The molecule has 3 aromatic rings. The first-order chi connectivity index (χ1) is 16.4. The van der Waals surface area contributed by atoms with Gasteiger partial charge in [-0.2, -0.15) is 5.26 Å². The van der Waals surface area contributed by atoms with Gasteiger partial charge in [-0.1, -0.05) is 30.3 Å². The summed E-state index contributed by atoms with van der Waals surface area (Å²) in [4.78, 5) is 13.5. The van der Waals surface area contributed by atoms with Crippen molar-refractivity contribution in [1.82, 2.24) is 0 Å². The molecule has 1 aliphatic rings. The van der Waals surface area contributed by atoms with Crippen LogP contribution >= 0.6 is 11.8 Å². The lowest BCUT2D eigenvalue weighted by molar-refractivity contribution is -0.136. The highest BCUT2D eigenvalue weighted by molar-refractivity contribution is 7.98. The van der Waals surface area contributed by atoms with Crippen molar-refractivity contribution in [2.45, 2.75) is 24.7 Å². The Hall–Kier alpha value is -3.89. The maximum absolute atomic E-state index is 12.4. The molecule has 0 aliphatic carbocycles. The van der Waals surface area contributed by atoms with Gasteiger partial charge >= 0.3 is 5.97 Å². The summed E-state index contributed by atoms with van der Waals surface area (Å²) in [5.74, 6) is 0.511. The molecule has 0 bridgehead atoms. The van der Waals surface area contributed by atoms with E-state index < -0.39 is 5.97 Å². The number of thioether (sulfide) groups is 1. The number of nitriles is 1. The third-order valence-electron chi connectivity index (χ3n) is 5.77. The zero-order valence-corrected chi connectivity index (χ0v) is 19.9. The van der Waals surface area contributed by atoms with Crippen LogP contribution in [0.4, 0.5) is 0 Å². The van der Waals surface area contributed by atoms with E-state index in [0.717, 1.165) is 27.1 Å². The van der Waals surface area contributed by atoms with Crippen LogP contribution in [0.2, 0.25) is 0 Å². The molecular formula is C27H24N2O4S. The van der Waals surface area contributed by atoms with Crippen molar-refractivity contribution in [2.24, 2.45) is 5.73 Å². The van der Waals surface area contributed by atoms with Crippen LogP contribution in [0.25, 0.3) is 0 Å². The molecule has 0 radical (unpaired) electrons. The summed E-state index contributed by atoms with van der Waals surface area (Å²) in [6, 6.07) is 20.9. The van der Waals surface area contributed by atoms with Gasteiger partial charge in [-0.15, -0.1) is 11.8 Å². The van der Waals surface area contributed by atoms with Crippen LogP contribution in [0.15, 0.2) is 77.0 Å². The summed E-state index contributed by atoms with van der Waals surface area (Å²) in [5, 5.41) is 9.73. The van der Waals surface area contributed by atoms with E-state index in [4.69, 9.17) is 19.9 Å². The first kappa shape index (κ1) is 23.3. The molecule has 1 heterocycles. The molecule has 0 saturated heterocycles. The number of nitrogens with zero attached hydrogens (tertiary/aromatic N) is 1. The lowest BCUT2D eigenvalue weighted by Crippen LogP contribution is -2.21. The van der Waals surface area contributed by atoms with Crippen LogP contribution in [0.1, 0.15) is 28.2 Å². The number of nitrogens with two attached hydrogens (primary N) is 1. The maximum Gasteiger partial charge on any atom is 0.349 e. The lowest BCUT2D eigenvalue weighted by atomic mass is 9.83. The second-order valence-corrected chi connectivity index (χ2v) is 8.74. The van der Waals surface area contributed by atoms with Gasteiger partial charge in [0.2, 0.25) is 5.88 Å². The van der Waals surface area contributed by atoms with E-state index in [0.29, 0.717) is 22.8 Å². The Morgan fingerprint density at radius 3 is 2.62 bits per heavy atom. The summed E-state index contributed by atoms with van der Waals surface area (Å²) in [7, 11) is 0. The zero-order chi connectivity index (χ0) is 24.2. The number of fused-ring (bicyclic) bond motifs is 1.